The minimum Gasteiger partial charge on any atom is -0.252 e. The SMILES string of the molecule is Cc1nc(CS(=N)(=O)C(C)c2ccc(C(F)(F)F)nc2)sc1C. The van der Waals surface area contributed by atoms with E-state index in [1.807, 2.05) is 13.8 Å². The molecule has 0 aliphatic heterocycles. The van der Waals surface area contributed by atoms with Crippen molar-refractivity contribution in [2.75, 3.05) is 0 Å². The lowest BCUT2D eigenvalue weighted by Gasteiger charge is -2.15. The first kappa shape index (κ1) is 17.9. The number of hydrogen-bond donors (Lipinski definition) is 1. The lowest BCUT2D eigenvalue weighted by molar-refractivity contribution is -0.141. The molecule has 2 aromatic rings. The zero-order valence-corrected chi connectivity index (χ0v) is 14.4. The Morgan fingerprint density at radius 3 is 2.43 bits per heavy atom. The molecule has 23 heavy (non-hydrogen) atoms. The molecule has 1 N–H and O–H groups in total. The van der Waals surface area contributed by atoms with Crippen LogP contribution in [0.5, 0.6) is 0 Å². The standard InChI is InChI=1S/C14H16F3N3OS2/c1-8-9(2)22-13(20-8)7-23(18,21)10(3)11-4-5-12(19-6-11)14(15,16)17/h4-6,10,18H,7H2,1-3H3. The smallest absolute Gasteiger partial charge is 0.252 e. The Morgan fingerprint density at radius 2 is 2.00 bits per heavy atom. The molecule has 2 rings (SSSR count). The zero-order valence-electron chi connectivity index (χ0n) is 12.8. The van der Waals surface area contributed by atoms with Gasteiger partial charge in [0.15, 0.2) is 0 Å². The van der Waals surface area contributed by atoms with Crippen LogP contribution >= 0.6 is 11.3 Å². The molecule has 0 amide bonds. The van der Waals surface area contributed by atoms with Crippen molar-refractivity contribution in [2.45, 2.75) is 38.0 Å². The van der Waals surface area contributed by atoms with Gasteiger partial charge in [-0.3, -0.25) is 9.76 Å². The van der Waals surface area contributed by atoms with E-state index in [0.29, 0.717) is 10.6 Å². The maximum absolute atomic E-state index is 12.6. The highest BCUT2D eigenvalue weighted by Crippen LogP contribution is 2.31. The number of thiazole rings is 1. The average Bonchev–Trinajstić information content (AvgIpc) is 2.74. The van der Waals surface area contributed by atoms with Crippen LogP contribution in [0.15, 0.2) is 18.3 Å². The molecule has 0 aromatic carbocycles. The van der Waals surface area contributed by atoms with Crippen molar-refractivity contribution in [2.24, 2.45) is 0 Å². The number of hydrogen-bond acceptors (Lipinski definition) is 5. The van der Waals surface area contributed by atoms with Crippen molar-refractivity contribution in [1.29, 1.82) is 4.78 Å². The summed E-state index contributed by atoms with van der Waals surface area (Å²) in [6.45, 7) is 5.29. The van der Waals surface area contributed by atoms with Crippen molar-refractivity contribution in [3.8, 4) is 0 Å². The molecule has 0 aliphatic carbocycles. The molecular formula is C14H16F3N3OS2. The fourth-order valence-electron chi connectivity index (χ4n) is 1.94. The van der Waals surface area contributed by atoms with Gasteiger partial charge in [0.25, 0.3) is 0 Å². The predicted molar refractivity (Wildman–Crippen MR) is 83.8 cm³/mol. The number of nitrogens with zero attached hydrogens (tertiary/aromatic N) is 2. The van der Waals surface area contributed by atoms with Crippen LogP contribution in [0, 0.1) is 18.6 Å². The van der Waals surface area contributed by atoms with E-state index >= 15 is 0 Å². The maximum atomic E-state index is 12.6. The largest absolute Gasteiger partial charge is 0.433 e. The first-order valence-corrected chi connectivity index (χ1v) is 9.33. The van der Waals surface area contributed by atoms with E-state index < -0.39 is 26.8 Å². The Labute approximate surface area is 136 Å². The summed E-state index contributed by atoms with van der Waals surface area (Å²) in [6, 6.07) is 2.08. The summed E-state index contributed by atoms with van der Waals surface area (Å²) in [7, 11) is -3.09. The molecule has 0 saturated heterocycles. The van der Waals surface area contributed by atoms with Crippen LogP contribution in [-0.2, 0) is 21.7 Å². The fraction of sp³-hybridized carbons (Fsp3) is 0.429. The number of aryl methyl sites for hydroxylation is 2. The first-order valence-electron chi connectivity index (χ1n) is 6.72. The van der Waals surface area contributed by atoms with Crippen LogP contribution < -0.4 is 0 Å². The van der Waals surface area contributed by atoms with E-state index in [0.717, 1.165) is 22.8 Å². The first-order chi connectivity index (χ1) is 10.5. The Bertz CT molecular complexity index is 776. The van der Waals surface area contributed by atoms with Gasteiger partial charge in [-0.05, 0) is 32.4 Å². The number of alkyl halides is 3. The number of pyridine rings is 1. The minimum absolute atomic E-state index is 0.0193. The van der Waals surface area contributed by atoms with Gasteiger partial charge in [-0.2, -0.15) is 13.2 Å². The van der Waals surface area contributed by atoms with Crippen LogP contribution in [0.3, 0.4) is 0 Å². The zero-order chi connectivity index (χ0) is 17.4. The summed E-state index contributed by atoms with van der Waals surface area (Å²) in [5, 5.41) is -0.131. The van der Waals surface area contributed by atoms with Gasteiger partial charge in [-0.15, -0.1) is 11.3 Å². The number of halogens is 3. The normalized spacial score (nSPS) is 16.1. The van der Waals surface area contributed by atoms with E-state index in [4.69, 9.17) is 4.78 Å². The molecule has 126 valence electrons. The highest BCUT2D eigenvalue weighted by molar-refractivity contribution is 7.92. The van der Waals surface area contributed by atoms with Crippen LogP contribution in [0.4, 0.5) is 13.2 Å². The van der Waals surface area contributed by atoms with Crippen molar-refractivity contribution < 1.29 is 17.4 Å². The molecule has 2 unspecified atom stereocenters. The van der Waals surface area contributed by atoms with Crippen LogP contribution in [0.25, 0.3) is 0 Å². The van der Waals surface area contributed by atoms with Crippen molar-refractivity contribution in [3.63, 3.8) is 0 Å². The molecule has 0 bridgehead atoms. The van der Waals surface area contributed by atoms with Gasteiger partial charge in [-0.25, -0.2) is 9.19 Å². The van der Waals surface area contributed by atoms with E-state index in [2.05, 4.69) is 9.97 Å². The predicted octanol–water partition coefficient (Wildman–Crippen LogP) is 4.48. The number of nitrogens with one attached hydrogen (secondary N) is 1. The third-order valence-corrected chi connectivity index (χ3v) is 6.90. The molecule has 2 heterocycles. The van der Waals surface area contributed by atoms with Gasteiger partial charge in [-0.1, -0.05) is 6.07 Å². The molecule has 0 aliphatic rings. The van der Waals surface area contributed by atoms with Crippen molar-refractivity contribution in [1.82, 2.24) is 9.97 Å². The number of rotatable bonds is 4. The molecule has 4 nitrogen and oxygen atoms in total. The lowest BCUT2D eigenvalue weighted by atomic mass is 10.2. The van der Waals surface area contributed by atoms with Gasteiger partial charge < -0.3 is 0 Å². The van der Waals surface area contributed by atoms with Gasteiger partial charge in [0.05, 0.1) is 26.4 Å². The molecular weight excluding hydrogens is 347 g/mol. The van der Waals surface area contributed by atoms with Crippen LogP contribution in [0.2, 0.25) is 0 Å². The Kier molecular flexibility index (Phi) is 4.81. The monoisotopic (exact) mass is 363 g/mol. The van der Waals surface area contributed by atoms with Gasteiger partial charge in [0.2, 0.25) is 0 Å². The van der Waals surface area contributed by atoms with E-state index in [1.54, 1.807) is 6.92 Å². The second-order valence-electron chi connectivity index (χ2n) is 5.24. The Hall–Kier alpha value is -1.48. The highest BCUT2D eigenvalue weighted by Gasteiger charge is 2.32. The van der Waals surface area contributed by atoms with Crippen molar-refractivity contribution in [3.05, 3.63) is 45.2 Å². The Balaban J connectivity index is 2.22. The van der Waals surface area contributed by atoms with E-state index in [-0.39, 0.29) is 5.75 Å². The molecule has 0 spiro atoms. The summed E-state index contributed by atoms with van der Waals surface area (Å²) >= 11 is 1.38. The lowest BCUT2D eigenvalue weighted by Crippen LogP contribution is -2.13. The van der Waals surface area contributed by atoms with Gasteiger partial charge in [0.1, 0.15) is 10.7 Å². The second kappa shape index (κ2) is 6.20. The summed E-state index contributed by atoms with van der Waals surface area (Å²) in [5.74, 6) is -0.0193. The molecule has 0 fully saturated rings. The van der Waals surface area contributed by atoms with Crippen LogP contribution in [0.1, 0.15) is 39.0 Å². The summed E-state index contributed by atoms with van der Waals surface area (Å²) < 4.78 is 58.3. The molecule has 2 atom stereocenters. The average molecular weight is 363 g/mol. The third kappa shape index (κ3) is 4.08. The van der Waals surface area contributed by atoms with E-state index in [1.165, 1.54) is 17.4 Å². The number of aromatic nitrogens is 2. The molecule has 0 radical (unpaired) electrons. The van der Waals surface area contributed by atoms with Gasteiger partial charge >= 0.3 is 6.18 Å². The molecule has 2 aromatic heterocycles. The topological polar surface area (TPSA) is 66.7 Å². The second-order valence-corrected chi connectivity index (χ2v) is 8.97. The molecule has 9 heteroatoms. The van der Waals surface area contributed by atoms with Gasteiger partial charge in [0, 0.05) is 11.1 Å². The fourth-order valence-corrected chi connectivity index (χ4v) is 4.69. The summed E-state index contributed by atoms with van der Waals surface area (Å²) in [4.78, 5) is 8.63. The van der Waals surface area contributed by atoms with Crippen LogP contribution in [-0.4, -0.2) is 14.2 Å². The third-order valence-electron chi connectivity index (χ3n) is 3.53. The molecule has 0 saturated carbocycles. The summed E-state index contributed by atoms with van der Waals surface area (Å²) in [6.07, 6.45) is -3.47. The highest BCUT2D eigenvalue weighted by atomic mass is 32.2. The van der Waals surface area contributed by atoms with Crippen molar-refractivity contribution >= 4 is 21.1 Å². The summed E-state index contributed by atoms with van der Waals surface area (Å²) in [5.41, 5.74) is 0.183. The maximum Gasteiger partial charge on any atom is 0.433 e. The van der Waals surface area contributed by atoms with E-state index in [9.17, 15) is 17.4 Å². The quantitative estimate of drug-likeness (QED) is 0.871. The minimum atomic E-state index is -4.51. The Morgan fingerprint density at radius 1 is 1.35 bits per heavy atom.